The molecule has 0 spiro atoms. The average Bonchev–Trinajstić information content (AvgIpc) is 2.47. The maximum Gasteiger partial charge on any atom is 0.416 e. The van der Waals surface area contributed by atoms with Gasteiger partial charge in [-0.2, -0.15) is 13.2 Å². The first-order valence-corrected chi connectivity index (χ1v) is 8.19. The van der Waals surface area contributed by atoms with Gasteiger partial charge in [-0.15, -0.1) is 6.58 Å². The number of nitrogens with zero attached hydrogens (tertiary/aromatic N) is 1. The highest BCUT2D eigenvalue weighted by Gasteiger charge is 2.39. The molecule has 1 aromatic rings. The highest BCUT2D eigenvalue weighted by atomic mass is 79.9. The molecule has 1 saturated heterocycles. The lowest BCUT2D eigenvalue weighted by Gasteiger charge is -2.37. The lowest BCUT2D eigenvalue weighted by atomic mass is 9.92. The number of halogens is 4. The summed E-state index contributed by atoms with van der Waals surface area (Å²) in [6.07, 6.45) is -4.15. The summed E-state index contributed by atoms with van der Waals surface area (Å²) in [5.41, 5.74) is -0.0826. The fraction of sp³-hybridized carbons (Fsp3) is 0.500. The van der Waals surface area contributed by atoms with Crippen LogP contribution in [0.2, 0.25) is 0 Å². The second-order valence-corrected chi connectivity index (χ2v) is 6.67. The van der Waals surface area contributed by atoms with Crippen molar-refractivity contribution in [3.63, 3.8) is 0 Å². The molecule has 0 bridgehead atoms. The van der Waals surface area contributed by atoms with E-state index in [0.29, 0.717) is 32.6 Å². The van der Waals surface area contributed by atoms with Crippen LogP contribution in [-0.2, 0) is 6.18 Å². The van der Waals surface area contributed by atoms with Crippen LogP contribution in [0.25, 0.3) is 0 Å². The molecule has 0 amide bonds. The van der Waals surface area contributed by atoms with Crippen LogP contribution in [0.3, 0.4) is 0 Å². The minimum Gasteiger partial charge on any atom is -0.506 e. The zero-order chi connectivity index (χ0) is 17.2. The van der Waals surface area contributed by atoms with Crippen LogP contribution in [0.5, 0.6) is 5.75 Å². The Kier molecular flexibility index (Phi) is 5.75. The molecular formula is C16H20BrF3N2O. The minimum atomic E-state index is -4.52. The molecule has 23 heavy (non-hydrogen) atoms. The van der Waals surface area contributed by atoms with E-state index in [-0.39, 0.29) is 15.8 Å². The van der Waals surface area contributed by atoms with E-state index in [4.69, 9.17) is 0 Å². The van der Waals surface area contributed by atoms with Crippen molar-refractivity contribution in [1.82, 2.24) is 10.2 Å². The van der Waals surface area contributed by atoms with Crippen LogP contribution >= 0.6 is 15.9 Å². The van der Waals surface area contributed by atoms with Crippen molar-refractivity contribution >= 4 is 15.9 Å². The predicted molar refractivity (Wildman–Crippen MR) is 87.4 cm³/mol. The summed E-state index contributed by atoms with van der Waals surface area (Å²) < 4.78 is 40.6. The van der Waals surface area contributed by atoms with E-state index < -0.39 is 17.8 Å². The summed E-state index contributed by atoms with van der Waals surface area (Å²) in [6, 6.07) is 1.70. The van der Waals surface area contributed by atoms with Gasteiger partial charge in [-0.05, 0) is 41.4 Å². The van der Waals surface area contributed by atoms with E-state index in [9.17, 15) is 18.3 Å². The van der Waals surface area contributed by atoms with E-state index in [1.807, 2.05) is 4.90 Å². The van der Waals surface area contributed by atoms with Crippen molar-refractivity contribution in [2.75, 3.05) is 26.2 Å². The number of nitrogens with one attached hydrogen (secondary N) is 1. The number of hydrogen-bond donors (Lipinski definition) is 2. The summed E-state index contributed by atoms with van der Waals surface area (Å²) in [6.45, 7) is 8.31. The van der Waals surface area contributed by atoms with Crippen molar-refractivity contribution in [1.29, 1.82) is 0 Å². The molecule has 0 unspecified atom stereocenters. The Balaban J connectivity index is 2.56. The van der Waals surface area contributed by atoms with E-state index >= 15 is 0 Å². The lowest BCUT2D eigenvalue weighted by Crippen LogP contribution is -2.45. The first kappa shape index (κ1) is 18.3. The molecule has 1 aliphatic heterocycles. The van der Waals surface area contributed by atoms with Gasteiger partial charge in [0.25, 0.3) is 0 Å². The maximum absolute atomic E-state index is 13.4. The fourth-order valence-electron chi connectivity index (χ4n) is 2.90. The molecule has 1 atom stereocenters. The Hall–Kier alpha value is -1.05. The zero-order valence-corrected chi connectivity index (χ0v) is 14.5. The molecule has 0 aromatic heterocycles. The monoisotopic (exact) mass is 392 g/mol. The predicted octanol–water partition coefficient (Wildman–Crippen LogP) is 4.09. The Morgan fingerprint density at radius 2 is 2.00 bits per heavy atom. The molecule has 1 aliphatic rings. The second-order valence-electron chi connectivity index (χ2n) is 5.82. The van der Waals surface area contributed by atoms with Gasteiger partial charge in [0, 0.05) is 37.8 Å². The number of rotatable bonds is 4. The van der Waals surface area contributed by atoms with Crippen molar-refractivity contribution in [2.24, 2.45) is 0 Å². The Morgan fingerprint density at radius 1 is 1.39 bits per heavy atom. The first-order valence-electron chi connectivity index (χ1n) is 7.39. The SMILES string of the molecule is C=C(C)C[C@@H](c1c(C(F)(F)F)ccc(Br)c1O)N1CCNCC1. The third-order valence-corrected chi connectivity index (χ3v) is 4.58. The van der Waals surface area contributed by atoms with Gasteiger partial charge in [-0.25, -0.2) is 0 Å². The molecule has 1 heterocycles. The molecular weight excluding hydrogens is 373 g/mol. The zero-order valence-electron chi connectivity index (χ0n) is 12.9. The lowest BCUT2D eigenvalue weighted by molar-refractivity contribution is -0.139. The number of piperazine rings is 1. The standard InChI is InChI=1S/C16H20BrF3N2O/c1-10(2)9-13(22-7-5-21-6-8-22)14-11(16(18,19)20)3-4-12(17)15(14)23/h3-4,13,21,23H,1,5-9H2,2H3/t13-/m0/s1. The minimum absolute atomic E-state index is 0.0724. The molecule has 2 N–H and O–H groups in total. The number of hydrogen-bond acceptors (Lipinski definition) is 3. The van der Waals surface area contributed by atoms with Crippen molar-refractivity contribution in [3.05, 3.63) is 39.9 Å². The molecule has 2 rings (SSSR count). The molecule has 7 heteroatoms. The van der Waals surface area contributed by atoms with Gasteiger partial charge in [0.05, 0.1) is 10.0 Å². The maximum atomic E-state index is 13.4. The van der Waals surface area contributed by atoms with Gasteiger partial charge in [-0.3, -0.25) is 4.90 Å². The van der Waals surface area contributed by atoms with Crippen molar-refractivity contribution in [3.8, 4) is 5.75 Å². The van der Waals surface area contributed by atoms with Crippen LogP contribution < -0.4 is 5.32 Å². The first-order chi connectivity index (χ1) is 10.7. The van der Waals surface area contributed by atoms with Crippen LogP contribution in [0.15, 0.2) is 28.8 Å². The average molecular weight is 393 g/mol. The Labute approximate surface area is 142 Å². The summed E-state index contributed by atoms with van der Waals surface area (Å²) in [5, 5.41) is 13.5. The van der Waals surface area contributed by atoms with Crippen LogP contribution in [-0.4, -0.2) is 36.2 Å². The van der Waals surface area contributed by atoms with Crippen LogP contribution in [0.1, 0.15) is 30.5 Å². The summed E-state index contributed by atoms with van der Waals surface area (Å²) >= 11 is 3.13. The molecule has 1 fully saturated rings. The Morgan fingerprint density at radius 3 is 2.52 bits per heavy atom. The van der Waals surface area contributed by atoms with Gasteiger partial charge in [0.15, 0.2) is 0 Å². The van der Waals surface area contributed by atoms with Gasteiger partial charge in [-0.1, -0.05) is 5.57 Å². The number of alkyl halides is 3. The third kappa shape index (κ3) is 4.28. The Bertz CT molecular complexity index is 583. The summed E-state index contributed by atoms with van der Waals surface area (Å²) in [7, 11) is 0. The third-order valence-electron chi connectivity index (χ3n) is 3.94. The highest BCUT2D eigenvalue weighted by Crippen LogP contribution is 2.45. The number of benzene rings is 1. The smallest absolute Gasteiger partial charge is 0.416 e. The molecule has 1 aromatic carbocycles. The van der Waals surface area contributed by atoms with E-state index in [2.05, 4.69) is 27.8 Å². The van der Waals surface area contributed by atoms with Crippen LogP contribution in [0.4, 0.5) is 13.2 Å². The molecule has 128 valence electrons. The number of phenolic OH excluding ortho intramolecular Hbond substituents is 1. The number of aromatic hydroxyl groups is 1. The molecule has 3 nitrogen and oxygen atoms in total. The quantitative estimate of drug-likeness (QED) is 0.757. The van der Waals surface area contributed by atoms with Crippen LogP contribution in [0, 0.1) is 0 Å². The molecule has 0 radical (unpaired) electrons. The molecule has 0 aliphatic carbocycles. The molecule has 0 saturated carbocycles. The van der Waals surface area contributed by atoms with Gasteiger partial charge in [0.1, 0.15) is 5.75 Å². The van der Waals surface area contributed by atoms with E-state index in [1.165, 1.54) is 6.07 Å². The van der Waals surface area contributed by atoms with Crippen molar-refractivity contribution < 1.29 is 18.3 Å². The van der Waals surface area contributed by atoms with Crippen molar-refractivity contribution in [2.45, 2.75) is 25.6 Å². The van der Waals surface area contributed by atoms with E-state index in [0.717, 1.165) is 11.6 Å². The number of phenols is 1. The summed E-state index contributed by atoms with van der Waals surface area (Å²) in [5.74, 6) is -0.343. The summed E-state index contributed by atoms with van der Waals surface area (Å²) in [4.78, 5) is 1.97. The topological polar surface area (TPSA) is 35.5 Å². The van der Waals surface area contributed by atoms with Gasteiger partial charge >= 0.3 is 6.18 Å². The normalized spacial score (nSPS) is 18.0. The highest BCUT2D eigenvalue weighted by molar-refractivity contribution is 9.10. The van der Waals surface area contributed by atoms with Gasteiger partial charge in [0.2, 0.25) is 0 Å². The van der Waals surface area contributed by atoms with Gasteiger partial charge < -0.3 is 10.4 Å². The largest absolute Gasteiger partial charge is 0.506 e. The van der Waals surface area contributed by atoms with E-state index in [1.54, 1.807) is 6.92 Å². The fourth-order valence-corrected chi connectivity index (χ4v) is 3.25. The second kappa shape index (κ2) is 7.23.